The molecule has 3 atom stereocenters. The number of halogens is 3. The third kappa shape index (κ3) is 2.67. The van der Waals surface area contributed by atoms with Crippen LogP contribution in [0.4, 0.5) is 18.9 Å². The summed E-state index contributed by atoms with van der Waals surface area (Å²) in [5.41, 5.74) is 0.263. The molecule has 7 heteroatoms. The monoisotopic (exact) mass is 327 g/mol. The Labute approximate surface area is 131 Å². The molecule has 1 amide bonds. The number of anilines is 1. The van der Waals surface area contributed by atoms with Gasteiger partial charge in [0.05, 0.1) is 17.6 Å². The van der Waals surface area contributed by atoms with Gasteiger partial charge in [0.2, 0.25) is 5.91 Å². The summed E-state index contributed by atoms with van der Waals surface area (Å²) in [7, 11) is 0. The molecule has 3 aliphatic rings. The van der Waals surface area contributed by atoms with Crippen molar-refractivity contribution in [2.24, 2.45) is 5.41 Å². The van der Waals surface area contributed by atoms with Crippen LogP contribution in [0.5, 0.6) is 5.75 Å². The number of hydrogen-bond acceptors (Lipinski definition) is 3. The van der Waals surface area contributed by atoms with Crippen LogP contribution in [-0.4, -0.2) is 31.0 Å². The molecule has 4 nitrogen and oxygen atoms in total. The van der Waals surface area contributed by atoms with Crippen LogP contribution in [0.15, 0.2) is 24.3 Å². The summed E-state index contributed by atoms with van der Waals surface area (Å²) in [6.45, 7) is 0.593. The highest BCUT2D eigenvalue weighted by molar-refractivity contribution is 6.00. The number of hydrogen-bond donors (Lipinski definition) is 0. The van der Waals surface area contributed by atoms with Crippen molar-refractivity contribution in [1.29, 1.82) is 0 Å². The summed E-state index contributed by atoms with van der Waals surface area (Å²) in [6.07, 6.45) is -0.864. The Morgan fingerprint density at radius 2 is 1.91 bits per heavy atom. The SMILES string of the molecule is O=C1N(c2ccc(OC(F)(F)F)cc2)CC[C@@]12CC[C@H]1O[C@H]1C2. The van der Waals surface area contributed by atoms with E-state index in [4.69, 9.17) is 4.74 Å². The van der Waals surface area contributed by atoms with Crippen LogP contribution >= 0.6 is 0 Å². The Morgan fingerprint density at radius 1 is 1.17 bits per heavy atom. The molecule has 3 fully saturated rings. The van der Waals surface area contributed by atoms with Gasteiger partial charge >= 0.3 is 6.36 Å². The molecule has 2 heterocycles. The maximum atomic E-state index is 12.8. The van der Waals surface area contributed by atoms with E-state index >= 15 is 0 Å². The minimum absolute atomic E-state index is 0.0657. The zero-order valence-corrected chi connectivity index (χ0v) is 12.3. The zero-order chi connectivity index (χ0) is 16.2. The Kier molecular flexibility index (Phi) is 3.13. The Bertz CT molecular complexity index is 630. The molecule has 0 aromatic heterocycles. The van der Waals surface area contributed by atoms with Crippen molar-refractivity contribution in [3.63, 3.8) is 0 Å². The van der Waals surface area contributed by atoms with E-state index in [1.807, 2.05) is 0 Å². The summed E-state index contributed by atoms with van der Waals surface area (Å²) in [6, 6.07) is 5.47. The molecule has 0 N–H and O–H groups in total. The second kappa shape index (κ2) is 4.87. The van der Waals surface area contributed by atoms with E-state index in [2.05, 4.69) is 4.74 Å². The number of ether oxygens (including phenoxy) is 2. The van der Waals surface area contributed by atoms with Gasteiger partial charge < -0.3 is 14.4 Å². The summed E-state index contributed by atoms with van der Waals surface area (Å²) < 4.78 is 45.9. The predicted octanol–water partition coefficient (Wildman–Crippen LogP) is 3.26. The molecule has 1 spiro atoms. The van der Waals surface area contributed by atoms with Crippen molar-refractivity contribution >= 4 is 11.6 Å². The van der Waals surface area contributed by atoms with Crippen molar-refractivity contribution in [2.45, 2.75) is 44.3 Å². The van der Waals surface area contributed by atoms with Crippen LogP contribution in [0.25, 0.3) is 0 Å². The number of rotatable bonds is 2. The number of carbonyl (C=O) groups is 1. The molecular weight excluding hydrogens is 311 g/mol. The normalized spacial score (nSPS) is 33.0. The molecule has 124 valence electrons. The lowest BCUT2D eigenvalue weighted by molar-refractivity contribution is -0.274. The van der Waals surface area contributed by atoms with Crippen LogP contribution < -0.4 is 9.64 Å². The lowest BCUT2D eigenvalue weighted by Crippen LogP contribution is -2.38. The van der Waals surface area contributed by atoms with Gasteiger partial charge in [-0.25, -0.2) is 0 Å². The number of carbonyl (C=O) groups excluding carboxylic acids is 1. The van der Waals surface area contributed by atoms with Crippen LogP contribution in [-0.2, 0) is 9.53 Å². The van der Waals surface area contributed by atoms with Gasteiger partial charge in [-0.15, -0.1) is 13.2 Å². The number of benzene rings is 1. The fraction of sp³-hybridized carbons (Fsp3) is 0.562. The molecule has 0 bridgehead atoms. The van der Waals surface area contributed by atoms with Crippen LogP contribution in [0, 0.1) is 5.41 Å². The maximum Gasteiger partial charge on any atom is 0.573 e. The predicted molar refractivity (Wildman–Crippen MR) is 75.0 cm³/mol. The van der Waals surface area contributed by atoms with E-state index in [1.54, 1.807) is 4.90 Å². The van der Waals surface area contributed by atoms with E-state index < -0.39 is 6.36 Å². The van der Waals surface area contributed by atoms with E-state index in [1.165, 1.54) is 24.3 Å². The highest BCUT2D eigenvalue weighted by Gasteiger charge is 2.57. The third-order valence-corrected chi connectivity index (χ3v) is 5.08. The van der Waals surface area contributed by atoms with E-state index in [0.717, 1.165) is 25.7 Å². The molecule has 0 radical (unpaired) electrons. The van der Waals surface area contributed by atoms with E-state index in [9.17, 15) is 18.0 Å². The summed E-state index contributed by atoms with van der Waals surface area (Å²) in [5, 5.41) is 0. The van der Waals surface area contributed by atoms with Gasteiger partial charge in [-0.3, -0.25) is 4.79 Å². The van der Waals surface area contributed by atoms with E-state index in [0.29, 0.717) is 18.3 Å². The van der Waals surface area contributed by atoms with Crippen LogP contribution in [0.2, 0.25) is 0 Å². The van der Waals surface area contributed by atoms with Gasteiger partial charge in [-0.1, -0.05) is 0 Å². The standard InChI is InChI=1S/C16H16F3NO3/c17-16(18,19)23-11-3-1-10(2-4-11)20-8-7-15(14(20)21)6-5-12-13(9-15)22-12/h1-4,12-13H,5-9H2/t12-,13+,15-/m1/s1. The minimum atomic E-state index is -4.71. The summed E-state index contributed by atoms with van der Waals surface area (Å²) in [5.74, 6) is -0.217. The number of alkyl halides is 3. The molecule has 4 rings (SSSR count). The Hall–Kier alpha value is -1.76. The average Bonchev–Trinajstić information content (AvgIpc) is 3.18. The first kappa shape index (κ1) is 14.8. The fourth-order valence-corrected chi connectivity index (χ4v) is 3.83. The van der Waals surface area contributed by atoms with Crippen molar-refractivity contribution in [3.8, 4) is 5.75 Å². The largest absolute Gasteiger partial charge is 0.573 e. The molecule has 1 aromatic rings. The second-order valence-corrected chi connectivity index (χ2v) is 6.48. The number of nitrogens with zero attached hydrogens (tertiary/aromatic N) is 1. The Morgan fingerprint density at radius 3 is 2.57 bits per heavy atom. The fourth-order valence-electron chi connectivity index (χ4n) is 3.83. The van der Waals surface area contributed by atoms with Crippen LogP contribution in [0.3, 0.4) is 0 Å². The summed E-state index contributed by atoms with van der Waals surface area (Å²) in [4.78, 5) is 14.5. The lowest BCUT2D eigenvalue weighted by Gasteiger charge is -2.29. The molecular formula is C16H16F3NO3. The van der Waals surface area contributed by atoms with Crippen molar-refractivity contribution < 1.29 is 27.4 Å². The second-order valence-electron chi connectivity index (χ2n) is 6.48. The van der Waals surface area contributed by atoms with Gasteiger partial charge in [-0.2, -0.15) is 0 Å². The number of fused-ring (bicyclic) bond motifs is 1. The first-order valence-corrected chi connectivity index (χ1v) is 7.70. The number of amides is 1. The van der Waals surface area contributed by atoms with Gasteiger partial charge in [0, 0.05) is 12.2 Å². The van der Waals surface area contributed by atoms with Gasteiger partial charge in [-0.05, 0) is 49.9 Å². The molecule has 1 aromatic carbocycles. The zero-order valence-electron chi connectivity index (χ0n) is 12.3. The summed E-state index contributed by atoms with van der Waals surface area (Å²) >= 11 is 0. The third-order valence-electron chi connectivity index (χ3n) is 5.08. The van der Waals surface area contributed by atoms with Gasteiger partial charge in [0.25, 0.3) is 0 Å². The van der Waals surface area contributed by atoms with Crippen molar-refractivity contribution in [3.05, 3.63) is 24.3 Å². The quantitative estimate of drug-likeness (QED) is 0.783. The Balaban J connectivity index is 1.49. The van der Waals surface area contributed by atoms with E-state index in [-0.39, 0.29) is 23.2 Å². The van der Waals surface area contributed by atoms with Gasteiger partial charge in [0.1, 0.15) is 5.75 Å². The smallest absolute Gasteiger partial charge is 0.406 e. The van der Waals surface area contributed by atoms with Crippen molar-refractivity contribution in [2.75, 3.05) is 11.4 Å². The lowest BCUT2D eigenvalue weighted by atomic mass is 9.73. The highest BCUT2D eigenvalue weighted by atomic mass is 19.4. The highest BCUT2D eigenvalue weighted by Crippen LogP contribution is 2.52. The molecule has 0 unspecified atom stereocenters. The molecule has 1 saturated carbocycles. The topological polar surface area (TPSA) is 42.1 Å². The van der Waals surface area contributed by atoms with Crippen LogP contribution in [0.1, 0.15) is 25.7 Å². The van der Waals surface area contributed by atoms with Gasteiger partial charge in [0.15, 0.2) is 0 Å². The number of epoxide rings is 1. The molecule has 23 heavy (non-hydrogen) atoms. The first-order valence-electron chi connectivity index (χ1n) is 7.70. The molecule has 2 saturated heterocycles. The molecule has 2 aliphatic heterocycles. The average molecular weight is 327 g/mol. The minimum Gasteiger partial charge on any atom is -0.406 e. The van der Waals surface area contributed by atoms with Crippen molar-refractivity contribution in [1.82, 2.24) is 0 Å². The first-order chi connectivity index (χ1) is 10.9. The molecule has 1 aliphatic carbocycles. The maximum absolute atomic E-state index is 12.8.